The molecule has 0 amide bonds. The molecule has 48 heavy (non-hydrogen) atoms. The molecule has 264 valence electrons. The number of ether oxygens (including phenoxy) is 4. The van der Waals surface area contributed by atoms with Crippen LogP contribution in [0.5, 0.6) is 5.75 Å². The molecule has 2 aliphatic carbocycles. The molecule has 11 unspecified atom stereocenters. The molecule has 11 atom stereocenters. The Morgan fingerprint density at radius 3 is 2.44 bits per heavy atom. The Kier molecular flexibility index (Phi) is 10.6. The van der Waals surface area contributed by atoms with Crippen molar-refractivity contribution in [3.63, 3.8) is 0 Å². The number of nitro groups is 1. The van der Waals surface area contributed by atoms with Gasteiger partial charge in [-0.2, -0.15) is 0 Å². The lowest BCUT2D eigenvalue weighted by atomic mass is 9.45. The summed E-state index contributed by atoms with van der Waals surface area (Å²) in [6, 6.07) is 5.83. The van der Waals surface area contributed by atoms with Gasteiger partial charge in [-0.1, -0.05) is 26.0 Å². The summed E-state index contributed by atoms with van der Waals surface area (Å²) >= 11 is 0. The van der Waals surface area contributed by atoms with Gasteiger partial charge in [-0.3, -0.25) is 10.1 Å². The molecule has 1 aromatic carbocycles. The number of allylic oxidation sites excluding steroid dienone is 1. The molecule has 5 rings (SSSR count). The number of carbonyl (C=O) groups excluding carboxylic acids is 2. The van der Waals surface area contributed by atoms with Crippen LogP contribution in [-0.4, -0.2) is 106 Å². The SMILES string of the molecule is C=C1CCC2C(C)(CO)C(OC(=O)c3ccc(OC4OC(CO)C(O)C(O)C4O)cc3)CCC2(C)C1CC(C[N+](=O)[O-])C1=CCOC1=O. The van der Waals surface area contributed by atoms with E-state index in [1.807, 2.05) is 6.92 Å². The van der Waals surface area contributed by atoms with Crippen LogP contribution in [0, 0.1) is 38.7 Å². The van der Waals surface area contributed by atoms with E-state index in [9.17, 15) is 45.2 Å². The molecule has 2 heterocycles. The number of benzene rings is 1. The van der Waals surface area contributed by atoms with Gasteiger partial charge in [-0.05, 0) is 79.7 Å². The van der Waals surface area contributed by atoms with Gasteiger partial charge in [-0.15, -0.1) is 0 Å². The van der Waals surface area contributed by atoms with Crippen LogP contribution in [0.25, 0.3) is 0 Å². The van der Waals surface area contributed by atoms with Gasteiger partial charge in [0.15, 0.2) is 0 Å². The highest BCUT2D eigenvalue weighted by Gasteiger charge is 2.59. The fourth-order valence-electron chi connectivity index (χ4n) is 8.45. The first-order valence-corrected chi connectivity index (χ1v) is 16.3. The summed E-state index contributed by atoms with van der Waals surface area (Å²) < 4.78 is 22.1. The van der Waals surface area contributed by atoms with Gasteiger partial charge in [0.1, 0.15) is 42.9 Å². The van der Waals surface area contributed by atoms with Crippen molar-refractivity contribution in [1.82, 2.24) is 0 Å². The summed E-state index contributed by atoms with van der Waals surface area (Å²) in [6.07, 6.45) is -3.55. The fraction of sp³-hybridized carbons (Fsp3) is 0.647. The van der Waals surface area contributed by atoms with Crippen molar-refractivity contribution in [2.24, 2.45) is 28.6 Å². The Morgan fingerprint density at radius 2 is 1.83 bits per heavy atom. The number of rotatable bonds is 11. The lowest BCUT2D eigenvalue weighted by Gasteiger charge is -2.60. The van der Waals surface area contributed by atoms with Gasteiger partial charge in [-0.25, -0.2) is 9.59 Å². The van der Waals surface area contributed by atoms with E-state index in [1.165, 1.54) is 24.3 Å². The molecule has 1 aromatic rings. The Morgan fingerprint density at radius 1 is 1.12 bits per heavy atom. The lowest BCUT2D eigenvalue weighted by Crippen LogP contribution is -2.60. The van der Waals surface area contributed by atoms with Crippen LogP contribution >= 0.6 is 0 Å². The van der Waals surface area contributed by atoms with E-state index in [0.29, 0.717) is 37.7 Å². The van der Waals surface area contributed by atoms with Gasteiger partial charge in [0, 0.05) is 15.9 Å². The Bertz CT molecular complexity index is 1410. The average Bonchev–Trinajstić information content (AvgIpc) is 3.49. The Labute approximate surface area is 278 Å². The summed E-state index contributed by atoms with van der Waals surface area (Å²) in [6.45, 7) is 7.17. The Balaban J connectivity index is 1.29. The zero-order valence-corrected chi connectivity index (χ0v) is 27.1. The lowest BCUT2D eigenvalue weighted by molar-refractivity contribution is -0.486. The number of hydrogen-bond acceptors (Lipinski definition) is 13. The zero-order chi connectivity index (χ0) is 35.0. The molecule has 4 aliphatic rings. The normalized spacial score (nSPS) is 37.2. The van der Waals surface area contributed by atoms with Gasteiger partial charge in [0.25, 0.3) is 0 Å². The number of aliphatic hydroxyl groups is 5. The highest BCUT2D eigenvalue weighted by molar-refractivity contribution is 5.91. The van der Waals surface area contributed by atoms with Gasteiger partial charge in [0.2, 0.25) is 12.8 Å². The molecule has 3 fully saturated rings. The van der Waals surface area contributed by atoms with Crippen molar-refractivity contribution in [2.45, 2.75) is 82.8 Å². The fourth-order valence-corrected chi connectivity index (χ4v) is 8.45. The number of aliphatic hydroxyl groups excluding tert-OH is 5. The molecular formula is C34H45NO13. The largest absolute Gasteiger partial charge is 0.462 e. The van der Waals surface area contributed by atoms with Gasteiger partial charge in [0.05, 0.1) is 24.7 Å². The Hall–Kier alpha value is -3.40. The van der Waals surface area contributed by atoms with Crippen LogP contribution in [-0.2, 0) is 19.0 Å². The van der Waals surface area contributed by atoms with E-state index in [-0.39, 0.29) is 36.4 Å². The van der Waals surface area contributed by atoms with E-state index in [4.69, 9.17) is 18.9 Å². The molecule has 0 radical (unpaired) electrons. The topological polar surface area (TPSA) is 215 Å². The highest BCUT2D eigenvalue weighted by Crippen LogP contribution is 2.62. The minimum absolute atomic E-state index is 0.0948. The van der Waals surface area contributed by atoms with Crippen molar-refractivity contribution in [3.8, 4) is 5.75 Å². The van der Waals surface area contributed by atoms with Crippen LogP contribution in [0.2, 0.25) is 0 Å². The van der Waals surface area contributed by atoms with E-state index in [1.54, 1.807) is 6.08 Å². The summed E-state index contributed by atoms with van der Waals surface area (Å²) in [4.78, 5) is 37.0. The van der Waals surface area contributed by atoms with E-state index < -0.39 is 83.6 Å². The molecular weight excluding hydrogens is 630 g/mol. The maximum absolute atomic E-state index is 13.4. The minimum Gasteiger partial charge on any atom is -0.462 e. The number of carbonyl (C=O) groups is 2. The van der Waals surface area contributed by atoms with Crippen molar-refractivity contribution in [1.29, 1.82) is 0 Å². The predicted octanol–water partition coefficient (Wildman–Crippen LogP) is 1.54. The second kappa shape index (κ2) is 14.2. The van der Waals surface area contributed by atoms with Crippen molar-refractivity contribution in [2.75, 3.05) is 26.4 Å². The quantitative estimate of drug-likeness (QED) is 0.0975. The third-order valence-electron chi connectivity index (χ3n) is 11.2. The molecule has 1 saturated heterocycles. The first-order chi connectivity index (χ1) is 22.7. The van der Waals surface area contributed by atoms with E-state index in [2.05, 4.69) is 13.5 Å². The van der Waals surface area contributed by atoms with Crippen LogP contribution in [0.4, 0.5) is 0 Å². The third kappa shape index (κ3) is 6.74. The molecule has 0 aromatic heterocycles. The highest BCUT2D eigenvalue weighted by atomic mass is 16.7. The number of fused-ring (bicyclic) bond motifs is 1. The maximum atomic E-state index is 13.4. The summed E-state index contributed by atoms with van der Waals surface area (Å²) in [5.41, 5.74) is 0.215. The smallest absolute Gasteiger partial charge is 0.338 e. The first-order valence-electron chi connectivity index (χ1n) is 16.3. The number of esters is 2. The average molecular weight is 676 g/mol. The van der Waals surface area contributed by atoms with E-state index >= 15 is 0 Å². The number of hydrogen-bond donors (Lipinski definition) is 5. The second-order valence-corrected chi connectivity index (χ2v) is 13.9. The molecule has 2 aliphatic heterocycles. The molecule has 0 bridgehead atoms. The van der Waals surface area contributed by atoms with Crippen LogP contribution in [0.1, 0.15) is 56.3 Å². The molecule has 14 heteroatoms. The maximum Gasteiger partial charge on any atom is 0.338 e. The summed E-state index contributed by atoms with van der Waals surface area (Å²) in [7, 11) is 0. The van der Waals surface area contributed by atoms with Gasteiger partial charge >= 0.3 is 11.9 Å². The molecule has 14 nitrogen and oxygen atoms in total. The third-order valence-corrected chi connectivity index (χ3v) is 11.2. The monoisotopic (exact) mass is 675 g/mol. The molecule has 5 N–H and O–H groups in total. The van der Waals surface area contributed by atoms with Crippen molar-refractivity contribution in [3.05, 3.63) is 63.7 Å². The van der Waals surface area contributed by atoms with Crippen molar-refractivity contribution >= 4 is 11.9 Å². The van der Waals surface area contributed by atoms with E-state index in [0.717, 1.165) is 5.57 Å². The second-order valence-electron chi connectivity index (χ2n) is 13.9. The van der Waals surface area contributed by atoms with Crippen LogP contribution in [0.3, 0.4) is 0 Å². The zero-order valence-electron chi connectivity index (χ0n) is 27.1. The minimum atomic E-state index is -1.60. The van der Waals surface area contributed by atoms with Crippen LogP contribution in [0.15, 0.2) is 48.1 Å². The standard InChI is InChI=1S/C34H45NO13/c1-18-4-9-25-33(2,23(18)14-20(15-35(43)44)22-11-13-45-31(22)42)12-10-26(34(25,3)17-37)48-30(41)19-5-7-21(8-6-19)46-32-29(40)28(39)27(38)24(16-36)47-32/h5-8,11,20,23-29,32,36-40H,1,4,9-10,12-17H2,2-3H3. The molecule has 0 spiro atoms. The summed E-state index contributed by atoms with van der Waals surface area (Å²) in [5.74, 6) is -1.89. The summed E-state index contributed by atoms with van der Waals surface area (Å²) in [5, 5.41) is 62.1. The molecule has 2 saturated carbocycles. The number of nitrogens with zero attached hydrogens (tertiary/aromatic N) is 1. The van der Waals surface area contributed by atoms with Crippen molar-refractivity contribution < 1.29 is 59.0 Å². The van der Waals surface area contributed by atoms with Gasteiger partial charge < -0.3 is 44.5 Å². The predicted molar refractivity (Wildman–Crippen MR) is 167 cm³/mol. The first kappa shape index (κ1) is 35.9. The number of cyclic esters (lactones) is 1. The van der Waals surface area contributed by atoms with Crippen LogP contribution < -0.4 is 4.74 Å².